The second-order valence-electron chi connectivity index (χ2n) is 14.3. The molecule has 0 atom stereocenters. The van der Waals surface area contributed by atoms with Gasteiger partial charge in [-0.25, -0.2) is 0 Å². The van der Waals surface area contributed by atoms with Gasteiger partial charge in [-0.3, -0.25) is 4.39 Å². The maximum atomic E-state index is 14.7. The van der Waals surface area contributed by atoms with Gasteiger partial charge in [0.1, 0.15) is 0 Å². The molecule has 3 aromatic heterocycles. The first kappa shape index (κ1) is 29.0. The van der Waals surface area contributed by atoms with E-state index in [1.165, 1.54) is 60.2 Å². The number of fused-ring (bicyclic) bond motifs is 3. The Morgan fingerprint density at radius 2 is 1.44 bits per heavy atom. The van der Waals surface area contributed by atoms with Crippen molar-refractivity contribution in [1.29, 1.82) is 0 Å². The number of furan rings is 1. The van der Waals surface area contributed by atoms with E-state index in [1.54, 1.807) is 12.1 Å². The van der Waals surface area contributed by atoms with Crippen LogP contribution in [0.5, 0.6) is 0 Å². The summed E-state index contributed by atoms with van der Waals surface area (Å²) in [6, 6.07) is 19.1. The van der Waals surface area contributed by atoms with Crippen molar-refractivity contribution in [1.82, 2.24) is 9.97 Å². The normalized spacial score (nSPS) is 17.0. The fourth-order valence-electron chi connectivity index (χ4n) is 6.54. The van der Waals surface area contributed by atoms with E-state index in [0.717, 1.165) is 31.9 Å². The maximum absolute atomic E-state index is 14.7. The van der Waals surface area contributed by atoms with Crippen LogP contribution in [0.3, 0.4) is 0 Å². The molecule has 0 saturated heterocycles. The molecule has 0 aliphatic carbocycles. The standard InChI is InChI=1S/C29H32F6GeNOSi.C12H9FN.Ir/c1-17-12-18(2)25-22(13-17)20-10-9-11-21(26(20)38-25)24-14-23(19(3)15-37-24)36(4,5)16-27(28(30,31)32,29(33,34)35)39(6,7)8;1-9-2-7-12(14-8-9)10-3-5-11(13)6-4-10;/h9-10,12-15H,16H2,1-8H3;2-3,5-8H,1H3;/q2*-1;/i1D3,2D3,3D3;1D3;. The topological polar surface area (TPSA) is 38.9 Å². The van der Waals surface area contributed by atoms with E-state index in [4.69, 9.17) is 20.9 Å². The summed E-state index contributed by atoms with van der Waals surface area (Å²) in [6.07, 6.45) is -9.12. The van der Waals surface area contributed by atoms with Gasteiger partial charge in [-0.15, -0.1) is 29.8 Å². The van der Waals surface area contributed by atoms with E-state index in [-0.39, 0.29) is 74.6 Å². The Bertz CT molecular complexity index is 2660. The summed E-state index contributed by atoms with van der Waals surface area (Å²) in [5.74, 6) is 2.25. The molecule has 6 aromatic rings. The number of aryl methyl sites for hydroxylation is 4. The van der Waals surface area contributed by atoms with Crippen molar-refractivity contribution in [2.75, 3.05) is 0 Å². The van der Waals surface area contributed by atoms with Gasteiger partial charge in [-0.2, -0.15) is 0 Å². The number of nitrogens with zero attached hydrogens (tertiary/aromatic N) is 2. The third-order valence-electron chi connectivity index (χ3n) is 9.19. The average molecular weight is 1020 g/mol. The average Bonchev–Trinajstić information content (AvgIpc) is 3.53. The molecule has 0 amide bonds. The summed E-state index contributed by atoms with van der Waals surface area (Å²) in [6.45, 7) is -7.58. The van der Waals surface area contributed by atoms with Crippen molar-refractivity contribution in [3.8, 4) is 22.5 Å². The van der Waals surface area contributed by atoms with Gasteiger partial charge in [0.15, 0.2) is 0 Å². The number of rotatable bonds is 6. The van der Waals surface area contributed by atoms with Crippen molar-refractivity contribution in [3.63, 3.8) is 0 Å². The van der Waals surface area contributed by atoms with Crippen LogP contribution in [0, 0.1) is 45.4 Å². The Labute approximate surface area is 345 Å². The van der Waals surface area contributed by atoms with Crippen LogP contribution >= 0.6 is 0 Å². The molecule has 0 unspecified atom stereocenters. The molecular weight excluding hydrogens is 962 g/mol. The predicted molar refractivity (Wildman–Crippen MR) is 203 cm³/mol. The monoisotopic (exact) mass is 1020 g/mol. The summed E-state index contributed by atoms with van der Waals surface area (Å²) in [5, 5.41) is -4.98. The van der Waals surface area contributed by atoms with Gasteiger partial charge in [0, 0.05) is 36.2 Å². The second-order valence-corrected chi connectivity index (χ2v) is 29.4. The van der Waals surface area contributed by atoms with Gasteiger partial charge in [-0.1, -0.05) is 12.1 Å². The SMILES string of the molecule is [2H]C([2H])([2H])c1cc(C([2H])([2H])[2H])c2oc3c(-c4c[c]([Ge]([CH3])([CH3])[CH2]C(C(F)(F)F)(C(F)(F)F)[Si](C)(C)C)c(C([2H])([2H])[2H])cn4)[c-]ccc3c2c1.[2H]C([2H])([2H])c1ccc(-c2[c-]cc(F)cc2)nc1.[Ir]. The molecular formula is C41H41F7GeIrN2OSi-2. The van der Waals surface area contributed by atoms with Gasteiger partial charge in [0.2, 0.25) is 0 Å². The van der Waals surface area contributed by atoms with E-state index < -0.39 is 82.5 Å². The maximum Gasteiger partial charge on any atom is 0.0379 e. The third-order valence-corrected chi connectivity index (χ3v) is 20.1. The summed E-state index contributed by atoms with van der Waals surface area (Å²) < 4.78 is 200. The van der Waals surface area contributed by atoms with Crippen LogP contribution in [-0.4, -0.2) is 43.7 Å². The minimum Gasteiger partial charge on any atom is -0.304 e. The van der Waals surface area contributed by atoms with Crippen molar-refractivity contribution in [2.45, 2.75) is 81.2 Å². The van der Waals surface area contributed by atoms with Crippen molar-refractivity contribution in [3.05, 3.63) is 113 Å². The van der Waals surface area contributed by atoms with E-state index >= 15 is 0 Å². The molecule has 6 rings (SSSR count). The smallest absolute Gasteiger partial charge is 0.0379 e. The fraction of sp³-hybridized carbons (Fsp3) is 0.317. The van der Waals surface area contributed by atoms with Gasteiger partial charge >= 0.3 is 241 Å². The molecule has 13 heteroatoms. The molecule has 1 radical (unpaired) electrons. The zero-order chi connectivity index (χ0) is 49.3. The first-order valence-electron chi connectivity index (χ1n) is 22.0. The zero-order valence-corrected chi connectivity index (χ0v) is 34.9. The molecule has 0 bridgehead atoms. The van der Waals surface area contributed by atoms with Gasteiger partial charge in [-0.05, 0) is 18.1 Å². The number of alkyl halides is 6. The summed E-state index contributed by atoms with van der Waals surface area (Å²) in [7, 11) is -4.15. The molecule has 0 aliphatic rings. The number of hydrogen-bond acceptors (Lipinski definition) is 3. The minimum atomic E-state index is -5.67. The Morgan fingerprint density at radius 1 is 0.759 bits per heavy atom. The summed E-state index contributed by atoms with van der Waals surface area (Å²) in [5.41, 5.74) is 0.00695. The molecule has 0 fully saturated rings. The van der Waals surface area contributed by atoms with E-state index in [2.05, 4.69) is 22.1 Å². The fourth-order valence-corrected chi connectivity index (χ4v) is 21.2. The Balaban J connectivity index is 0.000000442. The largest absolute Gasteiger partial charge is 0.304 e. The van der Waals surface area contributed by atoms with Crippen molar-refractivity contribution >= 4 is 47.7 Å². The summed E-state index contributed by atoms with van der Waals surface area (Å²) in [4.78, 5) is 8.25. The van der Waals surface area contributed by atoms with Gasteiger partial charge < -0.3 is 4.98 Å². The van der Waals surface area contributed by atoms with Crippen molar-refractivity contribution < 1.29 is 71.7 Å². The van der Waals surface area contributed by atoms with Crippen molar-refractivity contribution in [2.24, 2.45) is 0 Å². The molecule has 3 heterocycles. The third kappa shape index (κ3) is 8.41. The molecule has 0 aliphatic heterocycles. The van der Waals surface area contributed by atoms with E-state index in [0.29, 0.717) is 11.3 Å². The Kier molecular flexibility index (Phi) is 8.41. The van der Waals surface area contributed by atoms with Crippen LogP contribution in [-0.2, 0) is 20.1 Å². The molecule has 0 N–H and O–H groups in total. The minimum absolute atomic E-state index is 0. The Hall–Kier alpha value is -3.32. The number of hydrogen-bond donors (Lipinski definition) is 0. The van der Waals surface area contributed by atoms with Crippen LogP contribution in [0.15, 0.2) is 77.5 Å². The van der Waals surface area contributed by atoms with Crippen LogP contribution < -0.4 is 4.40 Å². The second kappa shape index (κ2) is 15.7. The molecule has 0 saturated carbocycles. The van der Waals surface area contributed by atoms with Crippen LogP contribution in [0.4, 0.5) is 30.7 Å². The van der Waals surface area contributed by atoms with Gasteiger partial charge in [0.05, 0.1) is 0 Å². The first-order chi connectivity index (χ1) is 29.3. The Morgan fingerprint density at radius 3 is 2.00 bits per heavy atom. The first-order valence-corrected chi connectivity index (χ1v) is 26.2. The number of halogens is 7. The van der Waals surface area contributed by atoms with E-state index in [9.17, 15) is 30.7 Å². The molecule has 289 valence electrons. The van der Waals surface area contributed by atoms with Crippen LogP contribution in [0.2, 0.25) is 41.4 Å². The van der Waals surface area contributed by atoms with E-state index in [1.807, 2.05) is 0 Å². The molecule has 3 nitrogen and oxygen atoms in total. The predicted octanol–water partition coefficient (Wildman–Crippen LogP) is 12.5. The molecule has 54 heavy (non-hydrogen) atoms. The molecule has 3 aromatic carbocycles. The number of benzene rings is 3. The van der Waals surface area contributed by atoms with Crippen LogP contribution in [0.1, 0.15) is 38.7 Å². The number of aromatic nitrogens is 2. The zero-order valence-electron chi connectivity index (χ0n) is 41.4. The summed E-state index contributed by atoms with van der Waals surface area (Å²) >= 11 is -4.70. The van der Waals surface area contributed by atoms with Crippen LogP contribution in [0.25, 0.3) is 44.5 Å². The quantitative estimate of drug-likeness (QED) is 0.0948. The van der Waals surface area contributed by atoms with Gasteiger partial charge in [0.25, 0.3) is 0 Å². The number of pyridine rings is 2. The molecule has 0 spiro atoms.